The summed E-state index contributed by atoms with van der Waals surface area (Å²) in [4.78, 5) is 27.8. The van der Waals surface area contributed by atoms with Gasteiger partial charge in [0.25, 0.3) is 0 Å². The van der Waals surface area contributed by atoms with Crippen molar-refractivity contribution in [2.24, 2.45) is 0 Å². The maximum absolute atomic E-state index is 12.1. The van der Waals surface area contributed by atoms with Gasteiger partial charge in [-0.1, -0.05) is 29.5 Å². The van der Waals surface area contributed by atoms with Crippen LogP contribution in [0.3, 0.4) is 0 Å². The lowest BCUT2D eigenvalue weighted by atomic mass is 10.2. The first-order valence-electron chi connectivity index (χ1n) is 8.75. The zero-order valence-corrected chi connectivity index (χ0v) is 16.8. The Morgan fingerprint density at radius 2 is 1.83 bits per heavy atom. The van der Waals surface area contributed by atoms with Gasteiger partial charge in [-0.05, 0) is 43.3 Å². The van der Waals surface area contributed by atoms with Crippen LogP contribution in [0.15, 0.2) is 53.7 Å². The van der Waals surface area contributed by atoms with Gasteiger partial charge in [0.1, 0.15) is 12.4 Å². The molecule has 1 amide bonds. The summed E-state index contributed by atoms with van der Waals surface area (Å²) in [6.07, 6.45) is 0. The molecule has 0 unspecified atom stereocenters. The Balaban J connectivity index is 1.44. The van der Waals surface area contributed by atoms with Crippen molar-refractivity contribution < 1.29 is 19.1 Å². The molecule has 0 aliphatic rings. The van der Waals surface area contributed by atoms with E-state index in [0.29, 0.717) is 22.2 Å². The number of carbonyl (C=O) groups is 2. The van der Waals surface area contributed by atoms with E-state index in [4.69, 9.17) is 4.74 Å². The van der Waals surface area contributed by atoms with Crippen molar-refractivity contribution in [1.82, 2.24) is 15.2 Å². The summed E-state index contributed by atoms with van der Waals surface area (Å²) >= 11 is 1.21. The highest BCUT2D eigenvalue weighted by Crippen LogP contribution is 2.16. The van der Waals surface area contributed by atoms with E-state index in [1.807, 2.05) is 31.2 Å². The quantitative estimate of drug-likeness (QED) is 0.432. The molecule has 0 aliphatic heterocycles. The molecule has 2 N–H and O–H groups in total. The van der Waals surface area contributed by atoms with Gasteiger partial charge >= 0.3 is 5.97 Å². The number of H-pyrrole nitrogens is 1. The fraction of sp³-hybridized carbons (Fsp3) is 0.200. The molecule has 2 aromatic carbocycles. The number of nitrogens with zero attached hydrogens (tertiary/aromatic N) is 2. The normalized spacial score (nSPS) is 10.4. The Morgan fingerprint density at radius 1 is 1.10 bits per heavy atom. The number of anilines is 1. The van der Waals surface area contributed by atoms with Crippen molar-refractivity contribution in [2.45, 2.75) is 18.7 Å². The molecule has 29 heavy (non-hydrogen) atoms. The molecule has 0 aliphatic carbocycles. The molecule has 0 saturated carbocycles. The summed E-state index contributed by atoms with van der Waals surface area (Å²) in [6.45, 7) is 2.27. The number of amides is 1. The maximum atomic E-state index is 12.1. The monoisotopic (exact) mass is 412 g/mol. The number of hydrogen-bond acceptors (Lipinski definition) is 7. The van der Waals surface area contributed by atoms with Gasteiger partial charge < -0.3 is 14.8 Å². The van der Waals surface area contributed by atoms with Gasteiger partial charge in [-0.2, -0.15) is 0 Å². The molecular weight excluding hydrogens is 392 g/mol. The number of nitrogens with one attached hydrogen (secondary N) is 2. The molecule has 0 radical (unpaired) electrons. The highest BCUT2D eigenvalue weighted by Gasteiger charge is 2.10. The predicted octanol–water partition coefficient (Wildman–Crippen LogP) is 3.21. The molecule has 0 bridgehead atoms. The average Bonchev–Trinajstić information content (AvgIpc) is 3.20. The van der Waals surface area contributed by atoms with E-state index in [-0.39, 0.29) is 18.3 Å². The molecule has 0 spiro atoms. The van der Waals surface area contributed by atoms with Crippen molar-refractivity contribution in [1.29, 1.82) is 0 Å². The summed E-state index contributed by atoms with van der Waals surface area (Å²) in [7, 11) is 1.32. The molecule has 1 heterocycles. The molecule has 3 rings (SSSR count). The first-order chi connectivity index (χ1) is 14.0. The summed E-state index contributed by atoms with van der Waals surface area (Å²) < 4.78 is 10.3. The number of carbonyl (C=O) groups excluding carboxylic acids is 2. The van der Waals surface area contributed by atoms with Gasteiger partial charge in [0.2, 0.25) is 11.1 Å². The van der Waals surface area contributed by atoms with Crippen molar-refractivity contribution in [3.63, 3.8) is 0 Å². The summed E-state index contributed by atoms with van der Waals surface area (Å²) in [6, 6.07) is 14.2. The van der Waals surface area contributed by atoms with Crippen LogP contribution in [0.2, 0.25) is 0 Å². The second-order valence-electron chi connectivity index (χ2n) is 6.07. The van der Waals surface area contributed by atoms with E-state index >= 15 is 0 Å². The lowest BCUT2D eigenvalue weighted by molar-refractivity contribution is -0.113. The van der Waals surface area contributed by atoms with Crippen LogP contribution in [0.25, 0.3) is 0 Å². The minimum absolute atomic E-state index is 0.148. The molecule has 8 nitrogen and oxygen atoms in total. The van der Waals surface area contributed by atoms with Gasteiger partial charge in [0.05, 0.1) is 18.4 Å². The number of aromatic amines is 1. The number of aromatic nitrogens is 3. The van der Waals surface area contributed by atoms with Crippen LogP contribution in [0.5, 0.6) is 5.75 Å². The van der Waals surface area contributed by atoms with Gasteiger partial charge in [0, 0.05) is 5.69 Å². The number of rotatable bonds is 8. The van der Waals surface area contributed by atoms with Crippen molar-refractivity contribution >= 4 is 29.3 Å². The Labute approximate surface area is 172 Å². The minimum atomic E-state index is -0.426. The number of ether oxygens (including phenoxy) is 2. The van der Waals surface area contributed by atoms with Gasteiger partial charge in [-0.15, -0.1) is 5.10 Å². The van der Waals surface area contributed by atoms with E-state index < -0.39 is 5.97 Å². The Bertz CT molecular complexity index is 971. The number of aryl methyl sites for hydroxylation is 1. The van der Waals surface area contributed by atoms with Crippen LogP contribution in [-0.2, 0) is 16.1 Å². The molecule has 1 aromatic heterocycles. The van der Waals surface area contributed by atoms with Crippen LogP contribution in [0.4, 0.5) is 5.69 Å². The van der Waals surface area contributed by atoms with Crippen LogP contribution in [0.1, 0.15) is 21.7 Å². The SMILES string of the molecule is COC(=O)c1ccc(NC(=O)CSc2n[nH]c(COc3ccc(C)cc3)n2)cc1. The zero-order valence-electron chi connectivity index (χ0n) is 16.0. The number of benzene rings is 2. The number of esters is 1. The molecule has 150 valence electrons. The fourth-order valence-corrected chi connectivity index (χ4v) is 2.95. The highest BCUT2D eigenvalue weighted by molar-refractivity contribution is 7.99. The average molecular weight is 412 g/mol. The topological polar surface area (TPSA) is 106 Å². The third kappa shape index (κ3) is 6.08. The third-order valence-electron chi connectivity index (χ3n) is 3.83. The lowest BCUT2D eigenvalue weighted by Crippen LogP contribution is -2.14. The van der Waals surface area contributed by atoms with Crippen LogP contribution < -0.4 is 10.1 Å². The van der Waals surface area contributed by atoms with Crippen LogP contribution in [-0.4, -0.2) is 39.9 Å². The highest BCUT2D eigenvalue weighted by atomic mass is 32.2. The molecule has 0 saturated heterocycles. The van der Waals surface area contributed by atoms with Crippen molar-refractivity contribution in [3.05, 3.63) is 65.5 Å². The number of hydrogen-bond donors (Lipinski definition) is 2. The molecule has 9 heteroatoms. The second-order valence-corrected chi connectivity index (χ2v) is 7.01. The predicted molar refractivity (Wildman–Crippen MR) is 109 cm³/mol. The molecule has 0 atom stereocenters. The summed E-state index contributed by atoms with van der Waals surface area (Å²) in [5.41, 5.74) is 2.17. The van der Waals surface area contributed by atoms with E-state index in [0.717, 1.165) is 11.3 Å². The number of methoxy groups -OCH3 is 1. The largest absolute Gasteiger partial charge is 0.486 e. The Hall–Kier alpha value is -3.33. The van der Waals surface area contributed by atoms with E-state index in [9.17, 15) is 9.59 Å². The standard InChI is InChI=1S/C20H20N4O4S/c1-13-3-9-16(10-4-13)28-11-17-22-20(24-23-17)29-12-18(25)21-15-7-5-14(6-8-15)19(26)27-2/h3-10H,11-12H2,1-2H3,(H,21,25)(H,22,23,24). The first kappa shape index (κ1) is 20.4. The first-order valence-corrected chi connectivity index (χ1v) is 9.74. The van der Waals surface area contributed by atoms with E-state index in [1.165, 1.54) is 18.9 Å². The molecular formula is C20H20N4O4S. The lowest BCUT2D eigenvalue weighted by Gasteiger charge is -2.05. The molecule has 3 aromatic rings. The fourth-order valence-electron chi connectivity index (χ4n) is 2.33. The van der Waals surface area contributed by atoms with Crippen LogP contribution in [0, 0.1) is 6.92 Å². The van der Waals surface area contributed by atoms with Gasteiger partial charge in [-0.3, -0.25) is 9.89 Å². The second kappa shape index (κ2) is 9.74. The van der Waals surface area contributed by atoms with Crippen LogP contribution >= 0.6 is 11.8 Å². The van der Waals surface area contributed by atoms with E-state index in [1.54, 1.807) is 24.3 Å². The third-order valence-corrected chi connectivity index (χ3v) is 4.68. The maximum Gasteiger partial charge on any atom is 0.337 e. The van der Waals surface area contributed by atoms with Gasteiger partial charge in [0.15, 0.2) is 5.82 Å². The minimum Gasteiger partial charge on any atom is -0.486 e. The number of thioether (sulfide) groups is 1. The molecule has 0 fully saturated rings. The van der Waals surface area contributed by atoms with E-state index in [2.05, 4.69) is 25.2 Å². The summed E-state index contributed by atoms with van der Waals surface area (Å²) in [5.74, 6) is 0.841. The summed E-state index contributed by atoms with van der Waals surface area (Å²) in [5, 5.41) is 10.1. The van der Waals surface area contributed by atoms with Crippen molar-refractivity contribution in [2.75, 3.05) is 18.2 Å². The van der Waals surface area contributed by atoms with Crippen molar-refractivity contribution in [3.8, 4) is 5.75 Å². The Kier molecular flexibility index (Phi) is 6.85. The smallest absolute Gasteiger partial charge is 0.337 e. The zero-order chi connectivity index (χ0) is 20.6. The Morgan fingerprint density at radius 3 is 2.52 bits per heavy atom. The van der Waals surface area contributed by atoms with Gasteiger partial charge in [-0.25, -0.2) is 9.78 Å².